The largest absolute Gasteiger partial charge is 0.309 e. The van der Waals surface area contributed by atoms with Crippen molar-refractivity contribution in [2.24, 2.45) is 0 Å². The third kappa shape index (κ3) is 3.38. The number of non-ortho nitro benzene ring substituents is 1. The molecule has 1 aliphatic rings. The number of halogens is 1. The van der Waals surface area contributed by atoms with Gasteiger partial charge in [-0.2, -0.15) is 0 Å². The lowest BCUT2D eigenvalue weighted by molar-refractivity contribution is -0.385. The first-order valence-corrected chi connectivity index (χ1v) is 6.26. The molecule has 0 saturated carbocycles. The number of hydrogen-bond acceptors (Lipinski definition) is 3. The third-order valence-electron chi connectivity index (χ3n) is 2.76. The second kappa shape index (κ2) is 5.42. The molecule has 1 aromatic carbocycles. The van der Waals surface area contributed by atoms with Gasteiger partial charge in [-0.1, -0.05) is 28.1 Å². The molecule has 1 aromatic rings. The van der Waals surface area contributed by atoms with Crippen molar-refractivity contribution in [3.8, 4) is 0 Å². The fourth-order valence-electron chi connectivity index (χ4n) is 1.89. The van der Waals surface area contributed by atoms with Gasteiger partial charge in [0.2, 0.25) is 0 Å². The predicted molar refractivity (Wildman–Crippen MR) is 69.8 cm³/mol. The Labute approximate surface area is 108 Å². The molecule has 0 radical (unpaired) electrons. The Morgan fingerprint density at radius 1 is 1.35 bits per heavy atom. The Morgan fingerprint density at radius 3 is 2.71 bits per heavy atom. The molecule has 0 atom stereocenters. The quantitative estimate of drug-likeness (QED) is 0.527. The summed E-state index contributed by atoms with van der Waals surface area (Å²) in [6.07, 6.45) is 6.38. The van der Waals surface area contributed by atoms with Crippen molar-refractivity contribution in [2.45, 2.75) is 25.4 Å². The number of nitrogens with zero attached hydrogens (tertiary/aromatic N) is 1. The minimum atomic E-state index is -0.370. The van der Waals surface area contributed by atoms with Crippen molar-refractivity contribution in [3.63, 3.8) is 0 Å². The van der Waals surface area contributed by atoms with E-state index in [1.165, 1.54) is 6.07 Å². The fraction of sp³-hybridized carbons (Fsp3) is 0.333. The van der Waals surface area contributed by atoms with Crippen LogP contribution in [-0.2, 0) is 6.54 Å². The van der Waals surface area contributed by atoms with Crippen LogP contribution in [0.2, 0.25) is 0 Å². The number of rotatable bonds is 4. The van der Waals surface area contributed by atoms with Gasteiger partial charge >= 0.3 is 0 Å². The van der Waals surface area contributed by atoms with Crippen LogP contribution >= 0.6 is 15.9 Å². The molecule has 90 valence electrons. The van der Waals surface area contributed by atoms with Gasteiger partial charge in [-0.25, -0.2) is 0 Å². The summed E-state index contributed by atoms with van der Waals surface area (Å²) < 4.78 is 0.744. The van der Waals surface area contributed by atoms with Crippen LogP contribution in [0, 0.1) is 10.1 Å². The maximum Gasteiger partial charge on any atom is 0.270 e. The molecular weight excluding hydrogens is 284 g/mol. The van der Waals surface area contributed by atoms with Gasteiger partial charge in [-0.15, -0.1) is 0 Å². The SMILES string of the molecule is O=[N+]([O-])c1cc(Br)cc(CNC2CC=CC2)c1. The Bertz CT molecular complexity index is 452. The molecule has 1 N–H and O–H groups in total. The molecular formula is C12H13BrN2O2. The van der Waals surface area contributed by atoms with E-state index in [2.05, 4.69) is 33.4 Å². The number of benzene rings is 1. The van der Waals surface area contributed by atoms with Crippen molar-refractivity contribution in [1.29, 1.82) is 0 Å². The first-order valence-electron chi connectivity index (χ1n) is 5.47. The molecule has 17 heavy (non-hydrogen) atoms. The van der Waals surface area contributed by atoms with Crippen LogP contribution in [0.25, 0.3) is 0 Å². The van der Waals surface area contributed by atoms with Crippen LogP contribution in [0.15, 0.2) is 34.8 Å². The number of hydrogen-bond donors (Lipinski definition) is 1. The number of nitro benzene ring substituents is 1. The second-order valence-electron chi connectivity index (χ2n) is 4.10. The molecule has 0 bridgehead atoms. The van der Waals surface area contributed by atoms with E-state index in [1.807, 2.05) is 6.07 Å². The average molecular weight is 297 g/mol. The highest BCUT2D eigenvalue weighted by atomic mass is 79.9. The van der Waals surface area contributed by atoms with Gasteiger partial charge in [0.15, 0.2) is 0 Å². The maximum atomic E-state index is 10.7. The monoisotopic (exact) mass is 296 g/mol. The zero-order valence-electron chi connectivity index (χ0n) is 9.23. The van der Waals surface area contributed by atoms with E-state index in [9.17, 15) is 10.1 Å². The molecule has 1 aliphatic carbocycles. The highest BCUT2D eigenvalue weighted by Gasteiger charge is 2.11. The van der Waals surface area contributed by atoms with Crippen LogP contribution in [0.3, 0.4) is 0 Å². The highest BCUT2D eigenvalue weighted by molar-refractivity contribution is 9.10. The van der Waals surface area contributed by atoms with Crippen molar-refractivity contribution in [3.05, 3.63) is 50.5 Å². The summed E-state index contributed by atoms with van der Waals surface area (Å²) in [7, 11) is 0. The van der Waals surface area contributed by atoms with Gasteiger partial charge in [0, 0.05) is 29.2 Å². The lowest BCUT2D eigenvalue weighted by atomic mass is 10.1. The van der Waals surface area contributed by atoms with Crippen LogP contribution in [0.1, 0.15) is 18.4 Å². The molecule has 0 spiro atoms. The van der Waals surface area contributed by atoms with Gasteiger partial charge in [-0.05, 0) is 24.5 Å². The minimum absolute atomic E-state index is 0.126. The summed E-state index contributed by atoms with van der Waals surface area (Å²) in [6.45, 7) is 0.659. The summed E-state index contributed by atoms with van der Waals surface area (Å²) >= 11 is 3.29. The van der Waals surface area contributed by atoms with Crippen molar-refractivity contribution < 1.29 is 4.92 Å². The molecule has 0 fully saturated rings. The van der Waals surface area contributed by atoms with Crippen LogP contribution in [0.4, 0.5) is 5.69 Å². The topological polar surface area (TPSA) is 55.2 Å². The van der Waals surface area contributed by atoms with Gasteiger partial charge in [0.25, 0.3) is 5.69 Å². The first kappa shape index (κ1) is 12.3. The average Bonchev–Trinajstić information content (AvgIpc) is 2.78. The van der Waals surface area contributed by atoms with E-state index >= 15 is 0 Å². The van der Waals surface area contributed by atoms with Gasteiger partial charge in [-0.3, -0.25) is 10.1 Å². The molecule has 4 nitrogen and oxygen atoms in total. The smallest absolute Gasteiger partial charge is 0.270 e. The zero-order chi connectivity index (χ0) is 12.3. The molecule has 0 heterocycles. The van der Waals surface area contributed by atoms with E-state index in [1.54, 1.807) is 6.07 Å². The highest BCUT2D eigenvalue weighted by Crippen LogP contribution is 2.21. The molecule has 0 aliphatic heterocycles. The molecule has 0 amide bonds. The third-order valence-corrected chi connectivity index (χ3v) is 3.21. The molecule has 2 rings (SSSR count). The predicted octanol–water partition coefficient (Wildman–Crippen LogP) is 3.17. The van der Waals surface area contributed by atoms with Crippen LogP contribution in [-0.4, -0.2) is 11.0 Å². The Kier molecular flexibility index (Phi) is 3.91. The lowest BCUT2D eigenvalue weighted by Crippen LogP contribution is -2.25. The Morgan fingerprint density at radius 2 is 2.06 bits per heavy atom. The molecule has 0 aromatic heterocycles. The summed E-state index contributed by atoms with van der Waals surface area (Å²) in [4.78, 5) is 10.4. The zero-order valence-corrected chi connectivity index (χ0v) is 10.8. The Balaban J connectivity index is 2.02. The van der Waals surface area contributed by atoms with Crippen molar-refractivity contribution in [1.82, 2.24) is 5.32 Å². The first-order chi connectivity index (χ1) is 8.15. The number of nitrogens with one attached hydrogen (secondary N) is 1. The Hall–Kier alpha value is -1.20. The van der Waals surface area contributed by atoms with E-state index in [0.717, 1.165) is 22.9 Å². The molecule has 0 unspecified atom stereocenters. The minimum Gasteiger partial charge on any atom is -0.309 e. The van der Waals surface area contributed by atoms with Gasteiger partial charge < -0.3 is 5.32 Å². The van der Waals surface area contributed by atoms with Gasteiger partial charge in [0.1, 0.15) is 0 Å². The maximum absolute atomic E-state index is 10.7. The van der Waals surface area contributed by atoms with E-state index < -0.39 is 0 Å². The van der Waals surface area contributed by atoms with Crippen molar-refractivity contribution in [2.75, 3.05) is 0 Å². The van der Waals surface area contributed by atoms with Crippen LogP contribution < -0.4 is 5.32 Å². The molecule has 5 heteroatoms. The van der Waals surface area contributed by atoms with Crippen molar-refractivity contribution >= 4 is 21.6 Å². The summed E-state index contributed by atoms with van der Waals surface area (Å²) in [5.41, 5.74) is 1.05. The van der Waals surface area contributed by atoms with Crippen LogP contribution in [0.5, 0.6) is 0 Å². The lowest BCUT2D eigenvalue weighted by Gasteiger charge is -2.11. The van der Waals surface area contributed by atoms with E-state index in [4.69, 9.17) is 0 Å². The second-order valence-corrected chi connectivity index (χ2v) is 5.01. The summed E-state index contributed by atoms with van der Waals surface area (Å²) in [6, 6.07) is 5.50. The number of nitro groups is 1. The molecule has 0 saturated heterocycles. The van der Waals surface area contributed by atoms with E-state index in [0.29, 0.717) is 12.6 Å². The van der Waals surface area contributed by atoms with Gasteiger partial charge in [0.05, 0.1) is 4.92 Å². The normalized spacial score (nSPS) is 15.4. The fourth-order valence-corrected chi connectivity index (χ4v) is 2.42. The summed E-state index contributed by atoms with van der Waals surface area (Å²) in [5.74, 6) is 0. The van der Waals surface area contributed by atoms with E-state index in [-0.39, 0.29) is 10.6 Å². The standard InChI is InChI=1S/C12H13BrN2O2/c13-10-5-9(6-12(7-10)15(16)17)8-14-11-3-1-2-4-11/h1-2,5-7,11,14H,3-4,8H2. The summed E-state index contributed by atoms with van der Waals surface area (Å²) in [5, 5.41) is 14.1.